The van der Waals surface area contributed by atoms with E-state index in [4.69, 9.17) is 5.73 Å². The first-order valence-corrected chi connectivity index (χ1v) is 7.53. The van der Waals surface area contributed by atoms with Gasteiger partial charge >= 0.3 is 6.03 Å². The van der Waals surface area contributed by atoms with Crippen LogP contribution < -0.4 is 16.4 Å². The van der Waals surface area contributed by atoms with Gasteiger partial charge in [-0.15, -0.1) is 0 Å². The Morgan fingerprint density at radius 1 is 1.00 bits per heavy atom. The first kappa shape index (κ1) is 16.0. The SMILES string of the molecule is Nc1ccc(C(=O)NC(=O)NCCc2ccc(Br)cc2)cc1. The van der Waals surface area contributed by atoms with Crippen LogP contribution in [0.15, 0.2) is 53.0 Å². The summed E-state index contributed by atoms with van der Waals surface area (Å²) in [5.74, 6) is -0.457. The van der Waals surface area contributed by atoms with Crippen molar-refractivity contribution in [2.45, 2.75) is 6.42 Å². The van der Waals surface area contributed by atoms with Crippen LogP contribution in [0.2, 0.25) is 0 Å². The third kappa shape index (κ3) is 4.89. The van der Waals surface area contributed by atoms with Gasteiger partial charge in [0.1, 0.15) is 0 Å². The standard InChI is InChI=1S/C16H16BrN3O2/c17-13-5-1-11(2-6-13)9-10-19-16(22)20-15(21)12-3-7-14(18)8-4-12/h1-8H,9-10,18H2,(H2,19,20,21,22). The fraction of sp³-hybridized carbons (Fsp3) is 0.125. The lowest BCUT2D eigenvalue weighted by Gasteiger charge is -2.07. The molecule has 6 heteroatoms. The highest BCUT2D eigenvalue weighted by atomic mass is 79.9. The predicted octanol–water partition coefficient (Wildman–Crippen LogP) is 2.71. The Morgan fingerprint density at radius 2 is 1.64 bits per heavy atom. The van der Waals surface area contributed by atoms with Crippen LogP contribution in [0, 0.1) is 0 Å². The van der Waals surface area contributed by atoms with E-state index in [1.807, 2.05) is 24.3 Å². The van der Waals surface area contributed by atoms with E-state index in [1.165, 1.54) is 0 Å². The number of amides is 3. The van der Waals surface area contributed by atoms with Crippen LogP contribution in [0.25, 0.3) is 0 Å². The molecule has 0 bridgehead atoms. The van der Waals surface area contributed by atoms with Crippen LogP contribution in [-0.4, -0.2) is 18.5 Å². The van der Waals surface area contributed by atoms with Gasteiger partial charge in [-0.3, -0.25) is 10.1 Å². The molecular weight excluding hydrogens is 346 g/mol. The van der Waals surface area contributed by atoms with Crippen LogP contribution in [0.5, 0.6) is 0 Å². The molecule has 0 fully saturated rings. The van der Waals surface area contributed by atoms with Crippen LogP contribution in [0.4, 0.5) is 10.5 Å². The second-order valence-electron chi connectivity index (χ2n) is 4.71. The highest BCUT2D eigenvalue weighted by Gasteiger charge is 2.09. The number of nitrogen functional groups attached to an aromatic ring is 1. The van der Waals surface area contributed by atoms with Gasteiger partial charge in [-0.05, 0) is 48.4 Å². The minimum atomic E-state index is -0.515. The van der Waals surface area contributed by atoms with Crippen molar-refractivity contribution in [3.8, 4) is 0 Å². The van der Waals surface area contributed by atoms with Gasteiger partial charge in [0.05, 0.1) is 0 Å². The summed E-state index contributed by atoms with van der Waals surface area (Å²) in [7, 11) is 0. The summed E-state index contributed by atoms with van der Waals surface area (Å²) in [5.41, 5.74) is 7.60. The molecule has 4 N–H and O–H groups in total. The molecule has 0 aliphatic rings. The molecule has 0 aliphatic carbocycles. The van der Waals surface area contributed by atoms with Gasteiger partial charge in [0.25, 0.3) is 5.91 Å². The molecule has 114 valence electrons. The van der Waals surface area contributed by atoms with Crippen LogP contribution in [0.1, 0.15) is 15.9 Å². The summed E-state index contributed by atoms with van der Waals surface area (Å²) >= 11 is 3.37. The van der Waals surface area contributed by atoms with Crippen molar-refractivity contribution in [1.82, 2.24) is 10.6 Å². The van der Waals surface area contributed by atoms with Crippen LogP contribution in [-0.2, 0) is 6.42 Å². The van der Waals surface area contributed by atoms with E-state index >= 15 is 0 Å². The van der Waals surface area contributed by atoms with Crippen LogP contribution in [0.3, 0.4) is 0 Å². The van der Waals surface area contributed by atoms with Crippen molar-refractivity contribution in [2.24, 2.45) is 0 Å². The maximum Gasteiger partial charge on any atom is 0.321 e. The first-order valence-electron chi connectivity index (χ1n) is 6.74. The van der Waals surface area contributed by atoms with Crippen molar-refractivity contribution in [1.29, 1.82) is 0 Å². The molecule has 0 aromatic heterocycles. The van der Waals surface area contributed by atoms with Gasteiger partial charge in [0.2, 0.25) is 0 Å². The number of hydrogen-bond donors (Lipinski definition) is 3. The van der Waals surface area contributed by atoms with E-state index in [0.29, 0.717) is 24.2 Å². The highest BCUT2D eigenvalue weighted by molar-refractivity contribution is 9.10. The summed E-state index contributed by atoms with van der Waals surface area (Å²) in [6.45, 7) is 0.447. The smallest absolute Gasteiger partial charge is 0.321 e. The van der Waals surface area contributed by atoms with Gasteiger partial charge in [0.15, 0.2) is 0 Å². The zero-order valence-corrected chi connectivity index (χ0v) is 13.4. The molecule has 0 saturated carbocycles. The first-order chi connectivity index (χ1) is 10.5. The lowest BCUT2D eigenvalue weighted by Crippen LogP contribution is -2.40. The average molecular weight is 362 g/mol. The summed E-state index contributed by atoms with van der Waals surface area (Å²) < 4.78 is 1.01. The Labute approximate surface area is 137 Å². The molecule has 5 nitrogen and oxygen atoms in total. The summed E-state index contributed by atoms with van der Waals surface area (Å²) in [6.07, 6.45) is 0.691. The molecule has 0 aliphatic heterocycles. The number of nitrogens with two attached hydrogens (primary N) is 1. The monoisotopic (exact) mass is 361 g/mol. The van der Waals surface area contributed by atoms with E-state index in [1.54, 1.807) is 24.3 Å². The zero-order valence-electron chi connectivity index (χ0n) is 11.8. The Bertz CT molecular complexity index is 654. The summed E-state index contributed by atoms with van der Waals surface area (Å²) in [6, 6.07) is 13.7. The molecule has 0 heterocycles. The maximum absolute atomic E-state index is 11.8. The Hall–Kier alpha value is -2.34. The number of halogens is 1. The number of rotatable bonds is 4. The Morgan fingerprint density at radius 3 is 2.27 bits per heavy atom. The van der Waals surface area contributed by atoms with Crippen molar-refractivity contribution in [3.63, 3.8) is 0 Å². The zero-order chi connectivity index (χ0) is 15.9. The quantitative estimate of drug-likeness (QED) is 0.732. The Balaban J connectivity index is 1.76. The van der Waals surface area contributed by atoms with Crippen LogP contribution >= 0.6 is 15.9 Å². The number of carbonyl (C=O) groups is 2. The topological polar surface area (TPSA) is 84.2 Å². The third-order valence-corrected chi connectivity index (χ3v) is 3.54. The third-order valence-electron chi connectivity index (χ3n) is 3.01. The fourth-order valence-corrected chi connectivity index (χ4v) is 2.09. The number of urea groups is 1. The van der Waals surface area contributed by atoms with Gasteiger partial charge in [0, 0.05) is 22.3 Å². The Kier molecular flexibility index (Phi) is 5.55. The second-order valence-corrected chi connectivity index (χ2v) is 5.62. The van der Waals surface area contributed by atoms with Crippen molar-refractivity contribution in [2.75, 3.05) is 12.3 Å². The second kappa shape index (κ2) is 7.61. The molecule has 2 aromatic carbocycles. The van der Waals surface area contributed by atoms with E-state index < -0.39 is 11.9 Å². The molecule has 22 heavy (non-hydrogen) atoms. The predicted molar refractivity (Wildman–Crippen MR) is 89.6 cm³/mol. The molecule has 0 atom stereocenters. The maximum atomic E-state index is 11.8. The number of nitrogens with one attached hydrogen (secondary N) is 2. The number of imide groups is 1. The molecule has 0 spiro atoms. The van der Waals surface area contributed by atoms with E-state index in [0.717, 1.165) is 10.0 Å². The van der Waals surface area contributed by atoms with E-state index in [-0.39, 0.29) is 0 Å². The minimum Gasteiger partial charge on any atom is -0.399 e. The number of anilines is 1. The molecule has 3 amide bonds. The molecule has 0 radical (unpaired) electrons. The highest BCUT2D eigenvalue weighted by Crippen LogP contribution is 2.10. The van der Waals surface area contributed by atoms with Crippen molar-refractivity contribution in [3.05, 3.63) is 64.1 Å². The molecule has 0 unspecified atom stereocenters. The lowest BCUT2D eigenvalue weighted by molar-refractivity contribution is 0.0964. The lowest BCUT2D eigenvalue weighted by atomic mass is 10.1. The number of hydrogen-bond acceptors (Lipinski definition) is 3. The molecule has 0 saturated heterocycles. The number of benzene rings is 2. The van der Waals surface area contributed by atoms with Gasteiger partial charge in [-0.1, -0.05) is 28.1 Å². The van der Waals surface area contributed by atoms with Crippen molar-refractivity contribution >= 4 is 33.6 Å². The van der Waals surface area contributed by atoms with Gasteiger partial charge in [-0.2, -0.15) is 0 Å². The average Bonchev–Trinajstić information content (AvgIpc) is 2.50. The largest absolute Gasteiger partial charge is 0.399 e. The van der Waals surface area contributed by atoms with E-state index in [9.17, 15) is 9.59 Å². The fourth-order valence-electron chi connectivity index (χ4n) is 1.83. The van der Waals surface area contributed by atoms with Gasteiger partial charge in [-0.25, -0.2) is 4.79 Å². The van der Waals surface area contributed by atoms with E-state index in [2.05, 4.69) is 26.6 Å². The summed E-state index contributed by atoms with van der Waals surface area (Å²) in [5, 5.41) is 4.92. The van der Waals surface area contributed by atoms with Gasteiger partial charge < -0.3 is 11.1 Å². The minimum absolute atomic E-state index is 0.386. The summed E-state index contributed by atoms with van der Waals surface area (Å²) in [4.78, 5) is 23.5. The molecule has 2 aromatic rings. The number of carbonyl (C=O) groups excluding carboxylic acids is 2. The normalized spacial score (nSPS) is 10.0. The molecular formula is C16H16BrN3O2. The molecule has 2 rings (SSSR count). The van der Waals surface area contributed by atoms with Crippen molar-refractivity contribution < 1.29 is 9.59 Å².